The lowest BCUT2D eigenvalue weighted by atomic mass is 10.3. The molecule has 0 rings (SSSR count). The quantitative estimate of drug-likeness (QED) is 0.454. The molecule has 0 saturated carbocycles. The van der Waals surface area contributed by atoms with Gasteiger partial charge in [0.05, 0.1) is 0 Å². The van der Waals surface area contributed by atoms with Crippen molar-refractivity contribution in [2.45, 2.75) is 20.3 Å². The molecule has 0 unspecified atom stereocenters. The van der Waals surface area contributed by atoms with Gasteiger partial charge in [0.25, 0.3) is 0 Å². The SMILES string of the molecule is CC/C=C\C=C(\C)CS. The van der Waals surface area contributed by atoms with Gasteiger partial charge < -0.3 is 0 Å². The highest BCUT2D eigenvalue weighted by molar-refractivity contribution is 7.80. The van der Waals surface area contributed by atoms with E-state index in [2.05, 4.69) is 44.7 Å². The van der Waals surface area contributed by atoms with E-state index in [1.54, 1.807) is 0 Å². The Morgan fingerprint density at radius 1 is 1.56 bits per heavy atom. The van der Waals surface area contributed by atoms with Crippen LogP contribution in [0.25, 0.3) is 0 Å². The number of rotatable bonds is 3. The minimum atomic E-state index is 0.855. The molecule has 0 nitrogen and oxygen atoms in total. The first-order valence-corrected chi connectivity index (χ1v) is 3.87. The topological polar surface area (TPSA) is 0 Å². The van der Waals surface area contributed by atoms with Gasteiger partial charge in [-0.15, -0.1) is 0 Å². The number of allylic oxidation sites excluding steroid dienone is 3. The molecule has 0 N–H and O–H groups in total. The summed E-state index contributed by atoms with van der Waals surface area (Å²) in [6.45, 7) is 4.20. The van der Waals surface area contributed by atoms with Gasteiger partial charge in [0, 0.05) is 5.75 Å². The molecule has 0 saturated heterocycles. The van der Waals surface area contributed by atoms with Gasteiger partial charge in [-0.25, -0.2) is 0 Å². The average Bonchev–Trinajstić information content (AvgIpc) is 1.89. The summed E-state index contributed by atoms with van der Waals surface area (Å²) in [4.78, 5) is 0. The molecule has 0 radical (unpaired) electrons. The van der Waals surface area contributed by atoms with Crippen molar-refractivity contribution in [3.8, 4) is 0 Å². The average molecular weight is 142 g/mol. The fourth-order valence-electron chi connectivity index (χ4n) is 0.421. The molecule has 0 atom stereocenters. The van der Waals surface area contributed by atoms with Crippen molar-refractivity contribution in [2.75, 3.05) is 5.75 Å². The van der Waals surface area contributed by atoms with Crippen LogP contribution in [0.1, 0.15) is 20.3 Å². The van der Waals surface area contributed by atoms with Gasteiger partial charge in [-0.1, -0.05) is 30.7 Å². The van der Waals surface area contributed by atoms with E-state index >= 15 is 0 Å². The van der Waals surface area contributed by atoms with E-state index in [9.17, 15) is 0 Å². The fraction of sp³-hybridized carbons (Fsp3) is 0.500. The maximum Gasteiger partial charge on any atom is 0.0113 e. The van der Waals surface area contributed by atoms with E-state index in [1.807, 2.05) is 0 Å². The molecule has 0 bridgehead atoms. The van der Waals surface area contributed by atoms with Crippen LogP contribution in [0, 0.1) is 0 Å². The summed E-state index contributed by atoms with van der Waals surface area (Å²) in [6.07, 6.45) is 7.41. The number of hydrogen-bond donors (Lipinski definition) is 1. The van der Waals surface area contributed by atoms with E-state index in [0.717, 1.165) is 12.2 Å². The normalized spacial score (nSPS) is 13.0. The highest BCUT2D eigenvalue weighted by atomic mass is 32.1. The second-order valence-corrected chi connectivity index (χ2v) is 2.32. The largest absolute Gasteiger partial charge is 0.175 e. The maximum atomic E-state index is 4.12. The van der Waals surface area contributed by atoms with E-state index in [1.165, 1.54) is 5.57 Å². The zero-order valence-corrected chi connectivity index (χ0v) is 6.99. The van der Waals surface area contributed by atoms with Gasteiger partial charge in [-0.3, -0.25) is 0 Å². The summed E-state index contributed by atoms with van der Waals surface area (Å²) < 4.78 is 0. The standard InChI is InChI=1S/C8H14S/c1-3-4-5-6-8(2)7-9/h4-6,9H,3,7H2,1-2H3/b5-4-,8-6-. The monoisotopic (exact) mass is 142 g/mol. The zero-order valence-electron chi connectivity index (χ0n) is 6.09. The van der Waals surface area contributed by atoms with Crippen molar-refractivity contribution in [1.29, 1.82) is 0 Å². The minimum absolute atomic E-state index is 0.855. The Bertz CT molecular complexity index is 112. The first kappa shape index (κ1) is 8.83. The third-order valence-corrected chi connectivity index (χ3v) is 1.50. The number of thiol groups is 1. The summed E-state index contributed by atoms with van der Waals surface area (Å²) in [7, 11) is 0. The Hall–Kier alpha value is -0.170. The molecule has 0 aliphatic carbocycles. The second-order valence-electron chi connectivity index (χ2n) is 2.01. The predicted molar refractivity (Wildman–Crippen MR) is 47.0 cm³/mol. The Kier molecular flexibility index (Phi) is 5.85. The van der Waals surface area contributed by atoms with Crippen LogP contribution in [0.2, 0.25) is 0 Å². The minimum Gasteiger partial charge on any atom is -0.175 e. The lowest BCUT2D eigenvalue weighted by Crippen LogP contribution is -1.72. The number of hydrogen-bond acceptors (Lipinski definition) is 1. The van der Waals surface area contributed by atoms with Gasteiger partial charge in [-0.2, -0.15) is 12.6 Å². The molecule has 0 amide bonds. The van der Waals surface area contributed by atoms with Gasteiger partial charge in [0.15, 0.2) is 0 Å². The lowest BCUT2D eigenvalue weighted by molar-refractivity contribution is 1.22. The molecule has 0 aromatic rings. The van der Waals surface area contributed by atoms with Crippen LogP contribution in [-0.4, -0.2) is 5.75 Å². The summed E-state index contributed by atoms with van der Waals surface area (Å²) in [5, 5.41) is 0. The Morgan fingerprint density at radius 2 is 2.22 bits per heavy atom. The highest BCUT2D eigenvalue weighted by Crippen LogP contribution is 1.95. The van der Waals surface area contributed by atoms with E-state index in [0.29, 0.717) is 0 Å². The van der Waals surface area contributed by atoms with Gasteiger partial charge in [0.2, 0.25) is 0 Å². The molecule has 0 aromatic heterocycles. The van der Waals surface area contributed by atoms with E-state index in [-0.39, 0.29) is 0 Å². The Labute approximate surface area is 63.1 Å². The van der Waals surface area contributed by atoms with E-state index in [4.69, 9.17) is 0 Å². The molecular formula is C8H14S. The molecule has 0 heterocycles. The zero-order chi connectivity index (χ0) is 7.11. The van der Waals surface area contributed by atoms with Crippen LogP contribution < -0.4 is 0 Å². The van der Waals surface area contributed by atoms with Gasteiger partial charge in [0.1, 0.15) is 0 Å². The molecule has 52 valence electrons. The molecule has 1 heteroatoms. The lowest BCUT2D eigenvalue weighted by Gasteiger charge is -1.87. The molecule has 0 aromatic carbocycles. The van der Waals surface area contributed by atoms with Crippen LogP contribution in [-0.2, 0) is 0 Å². The summed E-state index contributed by atoms with van der Waals surface area (Å²) in [5.74, 6) is 0.855. The fourth-order valence-corrected chi connectivity index (χ4v) is 0.527. The van der Waals surface area contributed by atoms with Crippen molar-refractivity contribution < 1.29 is 0 Å². The second kappa shape index (κ2) is 5.96. The van der Waals surface area contributed by atoms with Crippen molar-refractivity contribution >= 4 is 12.6 Å². The van der Waals surface area contributed by atoms with Crippen molar-refractivity contribution in [2.24, 2.45) is 0 Å². The van der Waals surface area contributed by atoms with Crippen molar-refractivity contribution in [3.05, 3.63) is 23.8 Å². The third-order valence-electron chi connectivity index (χ3n) is 1.00. The first-order chi connectivity index (χ1) is 4.31. The van der Waals surface area contributed by atoms with Crippen molar-refractivity contribution in [3.63, 3.8) is 0 Å². The smallest absolute Gasteiger partial charge is 0.0113 e. The van der Waals surface area contributed by atoms with Crippen LogP contribution in [0.15, 0.2) is 23.8 Å². The molecule has 0 aliphatic heterocycles. The predicted octanol–water partition coefficient (Wildman–Crippen LogP) is 2.83. The van der Waals surface area contributed by atoms with Crippen molar-refractivity contribution in [1.82, 2.24) is 0 Å². The molecular weight excluding hydrogens is 128 g/mol. The molecule has 0 spiro atoms. The summed E-state index contributed by atoms with van der Waals surface area (Å²) in [5.41, 5.74) is 1.31. The highest BCUT2D eigenvalue weighted by Gasteiger charge is 1.77. The Balaban J connectivity index is 3.55. The summed E-state index contributed by atoms with van der Waals surface area (Å²) in [6, 6.07) is 0. The van der Waals surface area contributed by atoms with Crippen LogP contribution in [0.3, 0.4) is 0 Å². The summed E-state index contributed by atoms with van der Waals surface area (Å²) >= 11 is 4.12. The van der Waals surface area contributed by atoms with Crippen LogP contribution >= 0.6 is 12.6 Å². The molecule has 0 aliphatic rings. The van der Waals surface area contributed by atoms with Gasteiger partial charge in [-0.05, 0) is 13.3 Å². The van der Waals surface area contributed by atoms with Crippen LogP contribution in [0.4, 0.5) is 0 Å². The van der Waals surface area contributed by atoms with E-state index < -0.39 is 0 Å². The molecule has 0 fully saturated rings. The van der Waals surface area contributed by atoms with Gasteiger partial charge >= 0.3 is 0 Å². The maximum absolute atomic E-state index is 4.12. The molecule has 9 heavy (non-hydrogen) atoms. The first-order valence-electron chi connectivity index (χ1n) is 3.24. The third kappa shape index (κ3) is 5.71. The van der Waals surface area contributed by atoms with Crippen LogP contribution in [0.5, 0.6) is 0 Å². The Morgan fingerprint density at radius 3 is 2.67 bits per heavy atom.